The highest BCUT2D eigenvalue weighted by molar-refractivity contribution is 9.10. The van der Waals surface area contributed by atoms with Gasteiger partial charge in [0.05, 0.1) is 23.8 Å². The van der Waals surface area contributed by atoms with Crippen molar-refractivity contribution in [3.63, 3.8) is 0 Å². The highest BCUT2D eigenvalue weighted by atomic mass is 79.9. The molecule has 3 aromatic rings. The van der Waals surface area contributed by atoms with Crippen LogP contribution < -0.4 is 14.9 Å². The Kier molecular flexibility index (Phi) is 7.29. The van der Waals surface area contributed by atoms with Crippen LogP contribution in [0.2, 0.25) is 0 Å². The molecule has 1 amide bonds. The van der Waals surface area contributed by atoms with Crippen molar-refractivity contribution in [3.8, 4) is 11.5 Å². The second-order valence-corrected chi connectivity index (χ2v) is 7.22. The van der Waals surface area contributed by atoms with Gasteiger partial charge in [-0.25, -0.2) is 10.2 Å². The number of hydrogen-bond acceptors (Lipinski definition) is 7. The van der Waals surface area contributed by atoms with Crippen molar-refractivity contribution < 1.29 is 24.0 Å². The van der Waals surface area contributed by atoms with E-state index in [1.54, 1.807) is 42.5 Å². The Balaban J connectivity index is 1.73. The minimum atomic E-state index is -0.628. The highest BCUT2D eigenvalue weighted by Gasteiger charge is 2.13. The number of halogens is 1. The molecule has 0 unspecified atom stereocenters. The molecule has 162 valence electrons. The van der Waals surface area contributed by atoms with Gasteiger partial charge in [-0.05, 0) is 48.5 Å². The van der Waals surface area contributed by atoms with Gasteiger partial charge in [-0.3, -0.25) is 14.9 Å². The van der Waals surface area contributed by atoms with Crippen LogP contribution in [-0.2, 0) is 0 Å². The quantitative estimate of drug-likeness (QED) is 0.170. The summed E-state index contributed by atoms with van der Waals surface area (Å²) < 4.78 is 11.2. The molecule has 1 N–H and O–H groups in total. The van der Waals surface area contributed by atoms with E-state index in [4.69, 9.17) is 9.47 Å². The molecule has 0 spiro atoms. The van der Waals surface area contributed by atoms with E-state index in [0.717, 1.165) is 6.07 Å². The molecular weight excluding hydrogens is 482 g/mol. The largest absolute Gasteiger partial charge is 0.497 e. The zero-order valence-electron chi connectivity index (χ0n) is 16.7. The first-order chi connectivity index (χ1) is 15.4. The summed E-state index contributed by atoms with van der Waals surface area (Å²) >= 11 is 3.34. The van der Waals surface area contributed by atoms with Gasteiger partial charge in [0.15, 0.2) is 0 Å². The van der Waals surface area contributed by atoms with Crippen LogP contribution >= 0.6 is 15.9 Å². The summed E-state index contributed by atoms with van der Waals surface area (Å²) in [5, 5.41) is 14.7. The van der Waals surface area contributed by atoms with Crippen molar-refractivity contribution in [1.29, 1.82) is 0 Å². The molecule has 0 saturated carbocycles. The molecule has 0 aromatic heterocycles. The number of nitro groups is 1. The van der Waals surface area contributed by atoms with Crippen molar-refractivity contribution in [1.82, 2.24) is 5.43 Å². The monoisotopic (exact) mass is 497 g/mol. The van der Waals surface area contributed by atoms with E-state index >= 15 is 0 Å². The summed E-state index contributed by atoms with van der Waals surface area (Å²) in [4.78, 5) is 35.0. The van der Waals surface area contributed by atoms with Crippen LogP contribution in [0.4, 0.5) is 5.69 Å². The number of non-ortho nitro benzene ring substituents is 1. The van der Waals surface area contributed by atoms with Crippen LogP contribution in [-0.4, -0.2) is 30.1 Å². The van der Waals surface area contributed by atoms with Crippen molar-refractivity contribution >= 4 is 39.7 Å². The average molecular weight is 498 g/mol. The number of rotatable bonds is 7. The fourth-order valence-corrected chi connectivity index (χ4v) is 2.96. The summed E-state index contributed by atoms with van der Waals surface area (Å²) in [5.74, 6) is -0.373. The SMILES string of the molecule is COc1ccc(C(=O)Oc2ccc(Br)cc2/C=N\NC(=O)c2cccc([N+](=O)[O-])c2)cc1. The van der Waals surface area contributed by atoms with Crippen LogP contribution in [0.1, 0.15) is 26.3 Å². The Bertz CT molecular complexity index is 1190. The van der Waals surface area contributed by atoms with Gasteiger partial charge < -0.3 is 9.47 Å². The maximum atomic E-state index is 12.5. The molecule has 3 aromatic carbocycles. The fourth-order valence-electron chi connectivity index (χ4n) is 2.58. The number of carbonyl (C=O) groups is 2. The lowest BCUT2D eigenvalue weighted by Crippen LogP contribution is -2.18. The number of hydrazone groups is 1. The van der Waals surface area contributed by atoms with E-state index in [1.807, 2.05) is 0 Å². The third kappa shape index (κ3) is 5.76. The van der Waals surface area contributed by atoms with Crippen molar-refractivity contribution in [2.45, 2.75) is 0 Å². The first-order valence-corrected chi connectivity index (χ1v) is 9.90. The van der Waals surface area contributed by atoms with Gasteiger partial charge in [0, 0.05) is 27.7 Å². The molecule has 0 aliphatic rings. The number of ether oxygens (including phenoxy) is 2. The molecule has 10 heteroatoms. The summed E-state index contributed by atoms with van der Waals surface area (Å²) in [6.45, 7) is 0. The maximum Gasteiger partial charge on any atom is 0.343 e. The van der Waals surface area contributed by atoms with Gasteiger partial charge in [-0.2, -0.15) is 5.10 Å². The fraction of sp³-hybridized carbons (Fsp3) is 0.0455. The smallest absolute Gasteiger partial charge is 0.343 e. The Morgan fingerprint density at radius 2 is 1.81 bits per heavy atom. The Hall–Kier alpha value is -4.05. The molecule has 0 aliphatic carbocycles. The average Bonchev–Trinajstić information content (AvgIpc) is 2.80. The number of nitrogens with one attached hydrogen (secondary N) is 1. The van der Waals surface area contributed by atoms with Crippen molar-refractivity contribution in [3.05, 3.63) is 98.0 Å². The molecule has 0 heterocycles. The molecule has 0 saturated heterocycles. The highest BCUT2D eigenvalue weighted by Crippen LogP contribution is 2.23. The zero-order valence-corrected chi connectivity index (χ0v) is 18.2. The predicted octanol–water partition coefficient (Wildman–Crippen LogP) is 4.35. The van der Waals surface area contributed by atoms with Crippen LogP contribution in [0, 0.1) is 10.1 Å². The van der Waals surface area contributed by atoms with E-state index in [9.17, 15) is 19.7 Å². The lowest BCUT2D eigenvalue weighted by Gasteiger charge is -2.08. The molecule has 9 nitrogen and oxygen atoms in total. The number of esters is 1. The first-order valence-electron chi connectivity index (χ1n) is 9.11. The summed E-state index contributed by atoms with van der Waals surface area (Å²) in [5.41, 5.74) is 2.92. The molecule has 0 bridgehead atoms. The number of methoxy groups -OCH3 is 1. The lowest BCUT2D eigenvalue weighted by atomic mass is 10.2. The molecule has 0 radical (unpaired) electrons. The van der Waals surface area contributed by atoms with E-state index in [1.165, 1.54) is 31.5 Å². The maximum absolute atomic E-state index is 12.5. The molecular formula is C22H16BrN3O6. The van der Waals surface area contributed by atoms with Crippen LogP contribution in [0.5, 0.6) is 11.5 Å². The standard InChI is InChI=1S/C22H16BrN3O6/c1-31-19-8-5-14(6-9-19)22(28)32-20-10-7-17(23)11-16(20)13-24-25-21(27)15-3-2-4-18(12-15)26(29)30/h2-13H,1H3,(H,25,27)/b24-13-. The van der Waals surface area contributed by atoms with Gasteiger partial charge in [-0.1, -0.05) is 22.0 Å². The third-order valence-electron chi connectivity index (χ3n) is 4.19. The zero-order chi connectivity index (χ0) is 23.1. The Labute approximate surface area is 190 Å². The first kappa shape index (κ1) is 22.6. The predicted molar refractivity (Wildman–Crippen MR) is 120 cm³/mol. The molecule has 3 rings (SSSR count). The summed E-state index contributed by atoms with van der Waals surface area (Å²) in [6, 6.07) is 16.6. The van der Waals surface area contributed by atoms with E-state index in [0.29, 0.717) is 21.3 Å². The topological polar surface area (TPSA) is 120 Å². The van der Waals surface area contributed by atoms with Gasteiger partial charge in [0.2, 0.25) is 0 Å². The number of carbonyl (C=O) groups excluding carboxylic acids is 2. The van der Waals surface area contributed by atoms with Gasteiger partial charge in [0.25, 0.3) is 11.6 Å². The number of amides is 1. The number of benzene rings is 3. The normalized spacial score (nSPS) is 10.6. The number of nitrogens with zero attached hydrogens (tertiary/aromatic N) is 2. The van der Waals surface area contributed by atoms with Crippen LogP contribution in [0.15, 0.2) is 76.3 Å². The molecule has 0 aliphatic heterocycles. The number of nitro benzene ring substituents is 1. The Morgan fingerprint density at radius 1 is 1.06 bits per heavy atom. The van der Waals surface area contributed by atoms with E-state index in [2.05, 4.69) is 26.5 Å². The second kappa shape index (κ2) is 10.3. The van der Waals surface area contributed by atoms with Crippen LogP contribution in [0.3, 0.4) is 0 Å². The van der Waals surface area contributed by atoms with Gasteiger partial charge in [-0.15, -0.1) is 0 Å². The van der Waals surface area contributed by atoms with E-state index in [-0.39, 0.29) is 17.0 Å². The van der Waals surface area contributed by atoms with Gasteiger partial charge >= 0.3 is 5.97 Å². The van der Waals surface area contributed by atoms with Gasteiger partial charge in [0.1, 0.15) is 11.5 Å². The minimum Gasteiger partial charge on any atom is -0.497 e. The molecule has 0 atom stereocenters. The Morgan fingerprint density at radius 3 is 2.50 bits per heavy atom. The summed E-state index contributed by atoms with van der Waals surface area (Å²) in [6.07, 6.45) is 1.30. The van der Waals surface area contributed by atoms with E-state index < -0.39 is 16.8 Å². The number of hydrogen-bond donors (Lipinski definition) is 1. The van der Waals surface area contributed by atoms with Crippen LogP contribution in [0.25, 0.3) is 0 Å². The summed E-state index contributed by atoms with van der Waals surface area (Å²) in [7, 11) is 1.53. The molecule has 32 heavy (non-hydrogen) atoms. The molecule has 0 fully saturated rings. The van der Waals surface area contributed by atoms with Crippen molar-refractivity contribution in [2.75, 3.05) is 7.11 Å². The van der Waals surface area contributed by atoms with Crippen molar-refractivity contribution in [2.24, 2.45) is 5.10 Å². The third-order valence-corrected chi connectivity index (χ3v) is 4.68. The second-order valence-electron chi connectivity index (χ2n) is 6.31. The minimum absolute atomic E-state index is 0.0803. The lowest BCUT2D eigenvalue weighted by molar-refractivity contribution is -0.384.